The molecule has 1 aliphatic carbocycles. The number of sulfone groups is 2. The van der Waals surface area contributed by atoms with Gasteiger partial charge in [-0.3, -0.25) is 0 Å². The minimum atomic E-state index is -2.97. The Morgan fingerprint density at radius 2 is 0.793 bits per heavy atom. The Bertz CT molecular complexity index is 2300. The maximum atomic E-state index is 11.3. The molecule has 1 aromatic carbocycles. The highest BCUT2D eigenvalue weighted by Crippen LogP contribution is 2.27. The highest BCUT2D eigenvalue weighted by atomic mass is 32.2. The Hall–Kier alpha value is -1.40. The summed E-state index contributed by atoms with van der Waals surface area (Å²) in [6, 6.07) is 10.1. The minimum Gasteiger partial charge on any atom is -0.396 e. The number of nitrogens with one attached hydrogen (secondary N) is 6. The summed E-state index contributed by atoms with van der Waals surface area (Å²) in [6.07, 6.45) is 15.1. The van der Waals surface area contributed by atoms with Crippen molar-refractivity contribution < 1.29 is 60.7 Å². The fourth-order valence-electron chi connectivity index (χ4n) is 5.74. The summed E-state index contributed by atoms with van der Waals surface area (Å²) >= 11 is 0. The number of aliphatic hydroxyl groups excluding tert-OH is 2. The average Bonchev–Trinajstić information content (AvgIpc) is 4.21. The number of hydrogen-bond acceptors (Lipinski definition) is 16. The second-order valence-corrected chi connectivity index (χ2v) is 37.9. The molecule has 87 heavy (non-hydrogen) atoms. The van der Waals surface area contributed by atoms with Crippen molar-refractivity contribution in [1.29, 1.82) is 0 Å². The van der Waals surface area contributed by atoms with E-state index in [1.165, 1.54) is 31.3 Å². The molecule has 20 nitrogen and oxygen atoms in total. The third-order valence-corrected chi connectivity index (χ3v) is 17.1. The summed E-state index contributed by atoms with van der Waals surface area (Å²) in [5, 5.41) is 23.9. The standard InChI is InChI=1S/C10H14O.C9H19NO2S.2C7H17NO2S.2C6H15NO2S.C6H15N.C6H14O2S.C4H10O/c1-8(2)10(11)9-6-4-3-5-7-9;1-8(2)4-3-7-10-13(11,12)9-5-6-9;2*1-7(2)5-4-6-8-11(3,9)10;1-6(2)7-4-5-10(3,8)9;1-6(2)4-5-7-10(3,8)9;1-4-7-5-6(2)3;1-6(2)4-5-9(3,7)8;1-4(2)3-5/h3-8,10-11H,1-2H3;8-10H,3-7H2,1-2H3;2*7-8H,4-6H2,1-3H3;2*6-7H,4-5H2,1-3H3;6-7H,4-5H2,1-3H3;6H,4-5H2,1-3H3;4-5H,3H2,1-2H3. The molecule has 1 atom stereocenters. The summed E-state index contributed by atoms with van der Waals surface area (Å²) in [7, 11) is -17.4. The van der Waals surface area contributed by atoms with Crippen LogP contribution in [0.2, 0.25) is 0 Å². The zero-order valence-corrected chi connectivity index (χ0v) is 64.0. The summed E-state index contributed by atoms with van der Waals surface area (Å²) in [5.41, 5.74) is 1.00. The topological polar surface area (TPSA) is 317 Å². The molecule has 26 heteroatoms. The predicted octanol–water partition coefficient (Wildman–Crippen LogP) is 9.40. The van der Waals surface area contributed by atoms with Crippen LogP contribution in [0, 0.1) is 47.3 Å². The maximum absolute atomic E-state index is 11.3. The van der Waals surface area contributed by atoms with Crippen LogP contribution < -0.4 is 29.5 Å². The van der Waals surface area contributed by atoms with E-state index >= 15 is 0 Å². The molecule has 0 radical (unpaired) electrons. The highest BCUT2D eigenvalue weighted by Gasteiger charge is 2.35. The van der Waals surface area contributed by atoms with Crippen LogP contribution >= 0.6 is 0 Å². The van der Waals surface area contributed by atoms with E-state index < -0.39 is 59.8 Å². The van der Waals surface area contributed by atoms with E-state index in [1.807, 2.05) is 85.7 Å². The van der Waals surface area contributed by atoms with Crippen LogP contribution in [0.3, 0.4) is 0 Å². The first-order chi connectivity index (χ1) is 39.4. The molecule has 1 saturated carbocycles. The van der Waals surface area contributed by atoms with Crippen LogP contribution in [0.5, 0.6) is 0 Å². The molecular formula is C61H136N6O14S6. The first-order valence-corrected chi connectivity index (χ1v) is 42.7. The van der Waals surface area contributed by atoms with Crippen LogP contribution in [0.15, 0.2) is 30.3 Å². The maximum Gasteiger partial charge on any atom is 0.214 e. The van der Waals surface area contributed by atoms with Crippen LogP contribution in [-0.2, 0) is 59.8 Å². The average molecular weight is 1370 g/mol. The summed E-state index contributed by atoms with van der Waals surface area (Å²) in [6.45, 7) is 44.8. The van der Waals surface area contributed by atoms with Crippen molar-refractivity contribution in [2.45, 2.75) is 213 Å². The fourth-order valence-corrected chi connectivity index (χ4v) is 10.1. The smallest absolute Gasteiger partial charge is 0.214 e. The molecule has 0 bridgehead atoms. The van der Waals surface area contributed by atoms with Crippen LogP contribution in [0.4, 0.5) is 0 Å². The van der Waals surface area contributed by atoms with Crippen LogP contribution in [-0.4, -0.2) is 167 Å². The van der Waals surface area contributed by atoms with Gasteiger partial charge in [0, 0.05) is 57.9 Å². The van der Waals surface area contributed by atoms with Gasteiger partial charge in [0.2, 0.25) is 40.1 Å². The summed E-state index contributed by atoms with van der Waals surface area (Å²) in [4.78, 5) is 0. The molecule has 1 aliphatic rings. The Kier molecular flexibility index (Phi) is 65.3. The highest BCUT2D eigenvalue weighted by molar-refractivity contribution is 7.91. The van der Waals surface area contributed by atoms with Crippen molar-refractivity contribution in [2.24, 2.45) is 47.3 Å². The third kappa shape index (κ3) is 107. The number of aliphatic hydroxyl groups is 2. The van der Waals surface area contributed by atoms with E-state index in [4.69, 9.17) is 5.11 Å². The van der Waals surface area contributed by atoms with E-state index in [1.54, 1.807) is 0 Å². The molecule has 1 unspecified atom stereocenters. The van der Waals surface area contributed by atoms with Crippen LogP contribution in [0.1, 0.15) is 207 Å². The van der Waals surface area contributed by atoms with E-state index in [0.717, 1.165) is 88.8 Å². The molecule has 8 N–H and O–H groups in total. The lowest BCUT2D eigenvalue weighted by Crippen LogP contribution is -2.28. The van der Waals surface area contributed by atoms with E-state index in [0.29, 0.717) is 86.6 Å². The van der Waals surface area contributed by atoms with Gasteiger partial charge in [-0.15, -0.1) is 0 Å². The van der Waals surface area contributed by atoms with Crippen LogP contribution in [0.25, 0.3) is 0 Å². The molecule has 1 aromatic rings. The van der Waals surface area contributed by atoms with Crippen molar-refractivity contribution >= 4 is 59.8 Å². The Balaban J connectivity index is -0.000000167. The molecule has 0 saturated heterocycles. The van der Waals surface area contributed by atoms with Gasteiger partial charge in [-0.25, -0.2) is 69.4 Å². The minimum absolute atomic E-state index is 0.0773. The lowest BCUT2D eigenvalue weighted by molar-refractivity contribution is 0.127. The van der Waals surface area contributed by atoms with Crippen molar-refractivity contribution in [3.63, 3.8) is 0 Å². The number of hydrogen-bond donors (Lipinski definition) is 8. The normalized spacial score (nSPS) is 13.0. The SMILES string of the molecule is CC(C)C(O)c1ccccc1.CC(C)CCCNS(=O)(=O)C1CC1.CC(C)CCCNS(C)(=O)=O.CC(C)CCCNS(C)(=O)=O.CC(C)CCNS(C)(=O)=O.CC(C)CCS(C)(=O)=O.CC(C)CO.CC(C)NCCS(C)(=O)=O.CCNCC(C)C. The lowest BCUT2D eigenvalue weighted by Gasteiger charge is -2.13. The number of rotatable bonds is 33. The Labute approximate surface area is 538 Å². The van der Waals surface area contributed by atoms with Crippen molar-refractivity contribution in [1.82, 2.24) is 29.5 Å². The van der Waals surface area contributed by atoms with Gasteiger partial charge in [0.1, 0.15) is 19.7 Å². The second-order valence-electron chi connectivity index (χ2n) is 25.9. The lowest BCUT2D eigenvalue weighted by atomic mass is 10.00. The molecule has 0 amide bonds. The van der Waals surface area contributed by atoms with Gasteiger partial charge >= 0.3 is 0 Å². The van der Waals surface area contributed by atoms with Gasteiger partial charge < -0.3 is 20.8 Å². The summed E-state index contributed by atoms with van der Waals surface area (Å²) < 4.78 is 138. The monoisotopic (exact) mass is 1370 g/mol. The van der Waals surface area contributed by atoms with E-state index in [9.17, 15) is 55.6 Å². The van der Waals surface area contributed by atoms with Gasteiger partial charge in [-0.05, 0) is 130 Å². The molecule has 0 aromatic heterocycles. The predicted molar refractivity (Wildman–Crippen MR) is 374 cm³/mol. The molecule has 2 rings (SSSR count). The zero-order valence-electron chi connectivity index (χ0n) is 59.1. The first-order valence-electron chi connectivity index (χ1n) is 31.3. The van der Waals surface area contributed by atoms with Crippen molar-refractivity contribution in [3.8, 4) is 0 Å². The molecular weight excluding hydrogens is 1230 g/mol. The van der Waals surface area contributed by atoms with Crippen molar-refractivity contribution in [3.05, 3.63) is 35.9 Å². The first kappa shape index (κ1) is 99.2. The fraction of sp³-hybridized carbons (Fsp3) is 0.902. The Morgan fingerprint density at radius 3 is 1.03 bits per heavy atom. The van der Waals surface area contributed by atoms with E-state index in [-0.39, 0.29) is 23.0 Å². The van der Waals surface area contributed by atoms with Gasteiger partial charge in [-0.2, -0.15) is 0 Å². The summed E-state index contributed by atoms with van der Waals surface area (Å²) in [5.74, 6) is 5.06. The largest absolute Gasteiger partial charge is 0.396 e. The van der Waals surface area contributed by atoms with Gasteiger partial charge in [0.15, 0.2) is 0 Å². The van der Waals surface area contributed by atoms with Crippen molar-refractivity contribution in [2.75, 3.05) is 95.2 Å². The Morgan fingerprint density at radius 1 is 0.448 bits per heavy atom. The molecule has 0 aliphatic heterocycles. The quantitative estimate of drug-likeness (QED) is 0.0304. The molecule has 530 valence electrons. The van der Waals surface area contributed by atoms with Gasteiger partial charge in [0.05, 0.1) is 41.6 Å². The van der Waals surface area contributed by atoms with Gasteiger partial charge in [-0.1, -0.05) is 162 Å². The molecule has 0 heterocycles. The van der Waals surface area contributed by atoms with E-state index in [2.05, 4.69) is 106 Å². The third-order valence-electron chi connectivity index (χ3n) is 11.0. The molecule has 1 fully saturated rings. The number of benzene rings is 1. The molecule has 0 spiro atoms. The van der Waals surface area contributed by atoms with Gasteiger partial charge in [0.25, 0.3) is 0 Å². The second kappa shape index (κ2) is 57.3. The number of sulfonamides is 4. The zero-order chi connectivity index (χ0) is 69.8.